The highest BCUT2D eigenvalue weighted by molar-refractivity contribution is 6.30. The van der Waals surface area contributed by atoms with Gasteiger partial charge in [-0.3, -0.25) is 14.3 Å². The molecule has 1 fully saturated rings. The summed E-state index contributed by atoms with van der Waals surface area (Å²) in [7, 11) is 0. The van der Waals surface area contributed by atoms with Crippen molar-refractivity contribution in [2.75, 3.05) is 18.0 Å². The van der Waals surface area contributed by atoms with Crippen molar-refractivity contribution in [1.82, 2.24) is 15.1 Å². The lowest BCUT2D eigenvalue weighted by molar-refractivity contribution is -0.149. The average molecular weight is 409 g/mol. The summed E-state index contributed by atoms with van der Waals surface area (Å²) >= 11 is 5.81. The fraction of sp³-hybridized carbons (Fsp3) is 0.421. The maximum Gasteiger partial charge on any atom is 0.268 e. The molecular formula is C19H22ClFN4O3. The molecule has 0 radical (unpaired) electrons. The number of amides is 2. The summed E-state index contributed by atoms with van der Waals surface area (Å²) in [6.07, 6.45) is 3.55. The van der Waals surface area contributed by atoms with Crippen molar-refractivity contribution in [2.45, 2.75) is 38.3 Å². The van der Waals surface area contributed by atoms with Crippen molar-refractivity contribution < 1.29 is 19.1 Å². The standard InChI is InChI=1S/C19H22ClFN4O3/c1-12(2)25-11-16(10-23-25)24-6-4-19(28,18(24)27)17(26)22-5-3-13-7-14(20)9-15(21)8-13/h7-12,28H,3-6H2,1-2H3,(H,22,26)/t19-/m0/s1. The van der Waals surface area contributed by atoms with Crippen LogP contribution in [0.25, 0.3) is 0 Å². The van der Waals surface area contributed by atoms with Crippen molar-refractivity contribution in [3.05, 3.63) is 47.0 Å². The van der Waals surface area contributed by atoms with E-state index in [1.54, 1.807) is 16.9 Å². The Morgan fingerprint density at radius 3 is 2.82 bits per heavy atom. The Hall–Kier alpha value is -2.45. The van der Waals surface area contributed by atoms with Gasteiger partial charge >= 0.3 is 0 Å². The smallest absolute Gasteiger partial charge is 0.268 e. The molecule has 1 aromatic carbocycles. The third kappa shape index (κ3) is 4.02. The minimum Gasteiger partial charge on any atom is -0.372 e. The number of aliphatic hydroxyl groups is 1. The number of carbonyl (C=O) groups excluding carboxylic acids is 2. The van der Waals surface area contributed by atoms with Crippen molar-refractivity contribution >= 4 is 29.1 Å². The Balaban J connectivity index is 1.62. The molecule has 0 bridgehead atoms. The van der Waals surface area contributed by atoms with Crippen LogP contribution in [0.2, 0.25) is 5.02 Å². The number of anilines is 1. The van der Waals surface area contributed by atoms with Gasteiger partial charge in [0.15, 0.2) is 0 Å². The van der Waals surface area contributed by atoms with Gasteiger partial charge in [-0.2, -0.15) is 5.10 Å². The molecule has 1 aliphatic rings. The van der Waals surface area contributed by atoms with Crippen LogP contribution in [0.1, 0.15) is 31.9 Å². The molecule has 1 aromatic heterocycles. The molecule has 0 unspecified atom stereocenters. The molecule has 2 N–H and O–H groups in total. The van der Waals surface area contributed by atoms with Crippen LogP contribution in [0, 0.1) is 5.82 Å². The van der Waals surface area contributed by atoms with Crippen LogP contribution in [0.4, 0.5) is 10.1 Å². The van der Waals surface area contributed by atoms with E-state index in [1.807, 2.05) is 13.8 Å². The normalized spacial score (nSPS) is 19.5. The van der Waals surface area contributed by atoms with Crippen LogP contribution in [-0.2, 0) is 16.0 Å². The van der Waals surface area contributed by atoms with E-state index in [4.69, 9.17) is 11.6 Å². The maximum atomic E-state index is 13.4. The topological polar surface area (TPSA) is 87.5 Å². The number of carbonyl (C=O) groups is 2. The van der Waals surface area contributed by atoms with Crippen LogP contribution in [0.15, 0.2) is 30.6 Å². The van der Waals surface area contributed by atoms with E-state index in [0.717, 1.165) is 0 Å². The summed E-state index contributed by atoms with van der Waals surface area (Å²) in [6.45, 7) is 4.27. The summed E-state index contributed by atoms with van der Waals surface area (Å²) in [6, 6.07) is 4.24. The molecule has 9 heteroatoms. The highest BCUT2D eigenvalue weighted by atomic mass is 35.5. The number of halogens is 2. The first-order valence-corrected chi connectivity index (χ1v) is 9.40. The van der Waals surface area contributed by atoms with Crippen molar-refractivity contribution in [3.63, 3.8) is 0 Å². The molecular weight excluding hydrogens is 387 g/mol. The van der Waals surface area contributed by atoms with Crippen molar-refractivity contribution in [1.29, 1.82) is 0 Å². The molecule has 2 aromatic rings. The van der Waals surface area contributed by atoms with Gasteiger partial charge in [0.1, 0.15) is 5.82 Å². The number of nitrogens with one attached hydrogen (secondary N) is 1. The zero-order valence-electron chi connectivity index (χ0n) is 15.7. The fourth-order valence-electron chi connectivity index (χ4n) is 3.13. The summed E-state index contributed by atoms with van der Waals surface area (Å²) in [4.78, 5) is 26.5. The number of hydrogen-bond donors (Lipinski definition) is 2. The molecule has 1 saturated heterocycles. The highest BCUT2D eigenvalue weighted by Crippen LogP contribution is 2.29. The summed E-state index contributed by atoms with van der Waals surface area (Å²) in [5.74, 6) is -1.91. The van der Waals surface area contributed by atoms with Crippen molar-refractivity contribution in [3.8, 4) is 0 Å². The molecule has 0 aliphatic carbocycles. The molecule has 0 saturated carbocycles. The largest absolute Gasteiger partial charge is 0.372 e. The lowest BCUT2D eigenvalue weighted by Gasteiger charge is -2.21. The van der Waals surface area contributed by atoms with E-state index in [-0.39, 0.29) is 30.6 Å². The van der Waals surface area contributed by atoms with E-state index < -0.39 is 23.2 Å². The first kappa shape index (κ1) is 20.3. The molecule has 1 aliphatic heterocycles. The predicted molar refractivity (Wildman–Crippen MR) is 103 cm³/mol. The molecule has 7 nitrogen and oxygen atoms in total. The summed E-state index contributed by atoms with van der Waals surface area (Å²) < 4.78 is 15.1. The molecule has 0 spiro atoms. The zero-order chi connectivity index (χ0) is 20.5. The second-order valence-corrected chi connectivity index (χ2v) is 7.56. The van der Waals surface area contributed by atoms with E-state index in [2.05, 4.69) is 10.4 Å². The Morgan fingerprint density at radius 1 is 1.43 bits per heavy atom. The number of aromatic nitrogens is 2. The third-order valence-electron chi connectivity index (χ3n) is 4.72. The van der Waals surface area contributed by atoms with Crippen LogP contribution < -0.4 is 10.2 Å². The van der Waals surface area contributed by atoms with Crippen LogP contribution >= 0.6 is 11.6 Å². The number of benzene rings is 1. The van der Waals surface area contributed by atoms with E-state index in [1.165, 1.54) is 23.2 Å². The minimum absolute atomic E-state index is 0.0175. The molecule has 28 heavy (non-hydrogen) atoms. The Morgan fingerprint density at radius 2 is 2.18 bits per heavy atom. The van der Waals surface area contributed by atoms with Gasteiger partial charge in [-0.15, -0.1) is 0 Å². The van der Waals surface area contributed by atoms with Gasteiger partial charge in [-0.25, -0.2) is 4.39 Å². The first-order chi connectivity index (χ1) is 13.2. The predicted octanol–water partition coefficient (Wildman–Crippen LogP) is 2.08. The molecule has 3 rings (SSSR count). The van der Waals surface area contributed by atoms with Gasteiger partial charge in [0, 0.05) is 36.8 Å². The van der Waals surface area contributed by atoms with Crippen LogP contribution in [0.5, 0.6) is 0 Å². The molecule has 1 atom stereocenters. The SMILES string of the molecule is CC(C)n1cc(N2CC[C@](O)(C(=O)NCCc3cc(F)cc(Cl)c3)C2=O)cn1. The molecule has 150 valence electrons. The van der Waals surface area contributed by atoms with Gasteiger partial charge in [0.05, 0.1) is 11.9 Å². The van der Waals surface area contributed by atoms with Crippen molar-refractivity contribution in [2.24, 2.45) is 0 Å². The monoisotopic (exact) mass is 408 g/mol. The second kappa shape index (κ2) is 7.89. The first-order valence-electron chi connectivity index (χ1n) is 9.02. The zero-order valence-corrected chi connectivity index (χ0v) is 16.4. The minimum atomic E-state index is -2.13. The average Bonchev–Trinajstić information content (AvgIpc) is 3.21. The highest BCUT2D eigenvalue weighted by Gasteiger charge is 2.51. The Labute approximate surface area is 167 Å². The van der Waals surface area contributed by atoms with Gasteiger partial charge in [-0.05, 0) is 44.0 Å². The summed E-state index contributed by atoms with van der Waals surface area (Å²) in [5.41, 5.74) is -0.978. The molecule has 2 amide bonds. The maximum absolute atomic E-state index is 13.4. The van der Waals surface area contributed by atoms with Gasteiger partial charge in [-0.1, -0.05) is 11.6 Å². The van der Waals surface area contributed by atoms with E-state index in [9.17, 15) is 19.1 Å². The fourth-order valence-corrected chi connectivity index (χ4v) is 3.38. The summed E-state index contributed by atoms with van der Waals surface area (Å²) in [5, 5.41) is 17.7. The quantitative estimate of drug-likeness (QED) is 0.716. The van der Waals surface area contributed by atoms with E-state index >= 15 is 0 Å². The Bertz CT molecular complexity index is 881. The number of rotatable bonds is 6. The van der Waals surface area contributed by atoms with Crippen LogP contribution in [-0.4, -0.2) is 45.4 Å². The Kier molecular flexibility index (Phi) is 5.71. The number of hydrogen-bond acceptors (Lipinski definition) is 4. The van der Waals surface area contributed by atoms with Gasteiger partial charge in [0.25, 0.3) is 11.8 Å². The second-order valence-electron chi connectivity index (χ2n) is 7.12. The van der Waals surface area contributed by atoms with Crippen LogP contribution in [0.3, 0.4) is 0 Å². The lowest BCUT2D eigenvalue weighted by Crippen LogP contribution is -2.52. The van der Waals surface area contributed by atoms with Gasteiger partial charge in [0.2, 0.25) is 5.60 Å². The molecule has 2 heterocycles. The van der Waals surface area contributed by atoms with Gasteiger partial charge < -0.3 is 15.3 Å². The number of nitrogens with zero attached hydrogens (tertiary/aromatic N) is 3. The lowest BCUT2D eigenvalue weighted by atomic mass is 10.0. The van der Waals surface area contributed by atoms with E-state index in [0.29, 0.717) is 17.7 Å². The third-order valence-corrected chi connectivity index (χ3v) is 4.94.